The van der Waals surface area contributed by atoms with Crippen molar-refractivity contribution >= 4 is 27.5 Å². The molecule has 0 bridgehead atoms. The predicted octanol–water partition coefficient (Wildman–Crippen LogP) is 1.74. The molecule has 35 heavy (non-hydrogen) atoms. The topological polar surface area (TPSA) is 98.2 Å². The van der Waals surface area contributed by atoms with Gasteiger partial charge >= 0.3 is 0 Å². The molecule has 1 saturated heterocycles. The van der Waals surface area contributed by atoms with Gasteiger partial charge in [0.25, 0.3) is 0 Å². The van der Waals surface area contributed by atoms with Crippen molar-refractivity contribution in [2.24, 2.45) is 0 Å². The third-order valence-corrected chi connectivity index (χ3v) is 7.68. The number of hydrogen-bond donors (Lipinski definition) is 3. The van der Waals surface area contributed by atoms with Gasteiger partial charge in [0.05, 0.1) is 33.9 Å². The van der Waals surface area contributed by atoms with Crippen molar-refractivity contribution in [2.45, 2.75) is 31.6 Å². The minimum absolute atomic E-state index is 0.0695. The van der Waals surface area contributed by atoms with E-state index in [9.17, 15) is 15.0 Å². The molecule has 3 atom stereocenters. The van der Waals surface area contributed by atoms with Gasteiger partial charge in [-0.05, 0) is 30.2 Å². The predicted molar refractivity (Wildman–Crippen MR) is 136 cm³/mol. The van der Waals surface area contributed by atoms with Gasteiger partial charge in [0.15, 0.2) is 0 Å². The molecule has 186 valence electrons. The number of aryl methyl sites for hydroxylation is 1. The number of nitrogens with one attached hydrogen (secondary N) is 1. The molecule has 9 heteroatoms. The van der Waals surface area contributed by atoms with Crippen molar-refractivity contribution in [3.05, 3.63) is 58.6 Å². The average molecular weight is 497 g/mol. The van der Waals surface area contributed by atoms with E-state index in [1.807, 2.05) is 49.4 Å². The van der Waals surface area contributed by atoms with E-state index in [0.717, 1.165) is 52.5 Å². The van der Waals surface area contributed by atoms with Crippen LogP contribution in [-0.2, 0) is 11.2 Å². The van der Waals surface area contributed by atoms with Crippen LogP contribution in [0.5, 0.6) is 5.75 Å². The summed E-state index contributed by atoms with van der Waals surface area (Å²) in [7, 11) is 0. The fraction of sp³-hybridized carbons (Fsp3) is 0.462. The lowest BCUT2D eigenvalue weighted by Gasteiger charge is -2.35. The fourth-order valence-electron chi connectivity index (χ4n) is 4.96. The smallest absolute Gasteiger partial charge is 0.234 e. The van der Waals surface area contributed by atoms with E-state index in [0.29, 0.717) is 25.3 Å². The largest absolute Gasteiger partial charge is 0.491 e. The maximum Gasteiger partial charge on any atom is 0.234 e. The highest BCUT2D eigenvalue weighted by atomic mass is 32.1. The van der Waals surface area contributed by atoms with Crippen LogP contribution in [0.4, 0.5) is 0 Å². The minimum Gasteiger partial charge on any atom is -0.491 e. The van der Waals surface area contributed by atoms with Crippen molar-refractivity contribution in [3.8, 4) is 5.75 Å². The quantitative estimate of drug-likeness (QED) is 0.437. The second-order valence-electron chi connectivity index (χ2n) is 9.42. The zero-order chi connectivity index (χ0) is 24.4. The molecule has 1 aliphatic heterocycles. The molecule has 2 aliphatic rings. The van der Waals surface area contributed by atoms with Crippen molar-refractivity contribution in [3.63, 3.8) is 0 Å². The van der Waals surface area contributed by atoms with Crippen LogP contribution in [0, 0.1) is 6.92 Å². The second kappa shape index (κ2) is 10.6. The molecule has 0 spiro atoms. The van der Waals surface area contributed by atoms with Gasteiger partial charge in [-0.2, -0.15) is 0 Å². The molecule has 0 radical (unpaired) electrons. The number of benzene rings is 2. The number of carbonyl (C=O) groups is 1. The number of aliphatic hydroxyl groups is 2. The highest BCUT2D eigenvalue weighted by Crippen LogP contribution is 2.31. The Kier molecular flexibility index (Phi) is 7.31. The monoisotopic (exact) mass is 496 g/mol. The normalized spacial score (nSPS) is 21.7. The first kappa shape index (κ1) is 24.1. The molecule has 1 amide bonds. The number of aromatic nitrogens is 1. The molecule has 8 nitrogen and oxygen atoms in total. The van der Waals surface area contributed by atoms with E-state index in [1.54, 1.807) is 11.3 Å². The Morgan fingerprint density at radius 3 is 2.80 bits per heavy atom. The van der Waals surface area contributed by atoms with Crippen molar-refractivity contribution in [1.29, 1.82) is 0 Å². The van der Waals surface area contributed by atoms with Gasteiger partial charge in [0.1, 0.15) is 18.5 Å². The highest BCUT2D eigenvalue weighted by molar-refractivity contribution is 7.18. The van der Waals surface area contributed by atoms with Gasteiger partial charge in [-0.25, -0.2) is 4.98 Å². The molecule has 3 N–H and O–H groups in total. The van der Waals surface area contributed by atoms with Gasteiger partial charge < -0.3 is 20.3 Å². The van der Waals surface area contributed by atoms with Crippen LogP contribution in [0.1, 0.15) is 22.2 Å². The van der Waals surface area contributed by atoms with Crippen molar-refractivity contribution in [2.75, 3.05) is 45.9 Å². The Labute approximate surface area is 209 Å². The molecule has 0 unspecified atom stereocenters. The number of fused-ring (bicyclic) bond motifs is 2. The van der Waals surface area contributed by atoms with Crippen LogP contribution < -0.4 is 10.1 Å². The van der Waals surface area contributed by atoms with Gasteiger partial charge in [0.2, 0.25) is 5.91 Å². The van der Waals surface area contributed by atoms with Crippen LogP contribution in [0.3, 0.4) is 0 Å². The lowest BCUT2D eigenvalue weighted by molar-refractivity contribution is -0.124. The first-order valence-corrected chi connectivity index (χ1v) is 12.9. The standard InChI is InChI=1S/C26H32N4O4S/c1-17-27-22-13-20(6-7-24(22)35-17)34-16-19(31)14-29-8-10-30(11-9-29)15-25(33)28-26-21-5-3-2-4-18(21)12-23(26)32/h2-7,13,19,23,26,31-32H,8-12,14-16H2,1H3,(H,28,33)/t19-,23+,26-/m1/s1. The molecule has 1 aromatic heterocycles. The Hall–Kier alpha value is -2.56. The molecular weight excluding hydrogens is 464 g/mol. The molecule has 3 aromatic rings. The van der Waals surface area contributed by atoms with Gasteiger partial charge in [0, 0.05) is 45.2 Å². The van der Waals surface area contributed by atoms with E-state index in [1.165, 1.54) is 0 Å². The first-order valence-electron chi connectivity index (χ1n) is 12.1. The summed E-state index contributed by atoms with van der Waals surface area (Å²) in [5, 5.41) is 24.9. The molecule has 1 aliphatic carbocycles. The molecule has 0 saturated carbocycles. The molecule has 1 fully saturated rings. The summed E-state index contributed by atoms with van der Waals surface area (Å²) in [6.45, 7) is 6.12. The summed E-state index contributed by atoms with van der Waals surface area (Å²) in [6, 6.07) is 13.4. The summed E-state index contributed by atoms with van der Waals surface area (Å²) in [4.78, 5) is 21.5. The molecule has 2 aromatic carbocycles. The van der Waals surface area contributed by atoms with Crippen LogP contribution >= 0.6 is 11.3 Å². The Morgan fingerprint density at radius 1 is 1.20 bits per heavy atom. The average Bonchev–Trinajstić information content (AvgIpc) is 3.37. The Balaban J connectivity index is 1.03. The van der Waals surface area contributed by atoms with E-state index in [2.05, 4.69) is 20.1 Å². The number of ether oxygens (including phenoxy) is 1. The summed E-state index contributed by atoms with van der Waals surface area (Å²) >= 11 is 1.65. The van der Waals surface area contributed by atoms with Crippen LogP contribution in [0.25, 0.3) is 10.2 Å². The molecular formula is C26H32N4O4S. The van der Waals surface area contributed by atoms with Crippen LogP contribution in [0.15, 0.2) is 42.5 Å². The Bertz CT molecular complexity index is 1180. The number of carbonyl (C=O) groups excluding carboxylic acids is 1. The van der Waals surface area contributed by atoms with Crippen LogP contribution in [-0.4, -0.2) is 89.0 Å². The van der Waals surface area contributed by atoms with E-state index >= 15 is 0 Å². The number of nitrogens with zero attached hydrogens (tertiary/aromatic N) is 3. The number of rotatable bonds is 8. The minimum atomic E-state index is -0.596. The number of piperazine rings is 1. The summed E-state index contributed by atoms with van der Waals surface area (Å²) in [5.41, 5.74) is 3.03. The summed E-state index contributed by atoms with van der Waals surface area (Å²) in [6.07, 6.45) is -0.601. The van der Waals surface area contributed by atoms with Gasteiger partial charge in [-0.1, -0.05) is 24.3 Å². The fourth-order valence-corrected chi connectivity index (χ4v) is 5.76. The lowest BCUT2D eigenvalue weighted by atomic mass is 10.1. The number of amides is 1. The SMILES string of the molecule is Cc1nc2cc(OC[C@H](O)CN3CCN(CC(=O)N[C@@H]4c5ccccc5C[C@@H]4O)CC3)ccc2s1. The van der Waals surface area contributed by atoms with E-state index in [-0.39, 0.29) is 18.6 Å². The number of β-amino-alcohol motifs (C(OH)–C–C–N with tert-alkyl or cyclic N) is 1. The lowest BCUT2D eigenvalue weighted by Crippen LogP contribution is -2.51. The van der Waals surface area contributed by atoms with Crippen molar-refractivity contribution in [1.82, 2.24) is 20.1 Å². The second-order valence-corrected chi connectivity index (χ2v) is 10.7. The number of aliphatic hydroxyl groups excluding tert-OH is 2. The highest BCUT2D eigenvalue weighted by Gasteiger charge is 2.32. The van der Waals surface area contributed by atoms with E-state index in [4.69, 9.17) is 4.74 Å². The van der Waals surface area contributed by atoms with Crippen molar-refractivity contribution < 1.29 is 19.7 Å². The zero-order valence-electron chi connectivity index (χ0n) is 19.9. The Morgan fingerprint density at radius 2 is 1.97 bits per heavy atom. The third-order valence-electron chi connectivity index (χ3n) is 6.73. The summed E-state index contributed by atoms with van der Waals surface area (Å²) < 4.78 is 6.93. The van der Waals surface area contributed by atoms with Gasteiger partial charge in [-0.15, -0.1) is 11.3 Å². The molecule has 5 rings (SSSR count). The van der Waals surface area contributed by atoms with E-state index < -0.39 is 12.2 Å². The van der Waals surface area contributed by atoms with Crippen LogP contribution in [0.2, 0.25) is 0 Å². The summed E-state index contributed by atoms with van der Waals surface area (Å²) in [5.74, 6) is 0.646. The number of thiazole rings is 1. The van der Waals surface area contributed by atoms with Gasteiger partial charge in [-0.3, -0.25) is 14.6 Å². The number of hydrogen-bond acceptors (Lipinski definition) is 8. The zero-order valence-corrected chi connectivity index (χ0v) is 20.7. The maximum absolute atomic E-state index is 12.6. The maximum atomic E-state index is 12.6. The third kappa shape index (κ3) is 5.82. The molecule has 2 heterocycles. The first-order chi connectivity index (χ1) is 16.9.